The molecular formula is C22H25ClFN3O3. The molecule has 1 heterocycles. The minimum absolute atomic E-state index is 0.0399. The molecule has 0 aliphatic carbocycles. The fourth-order valence-corrected chi connectivity index (χ4v) is 3.83. The van der Waals surface area contributed by atoms with Crippen LogP contribution < -0.4 is 21.1 Å². The highest BCUT2D eigenvalue weighted by Gasteiger charge is 2.26. The number of carbonyl (C=O) groups is 2. The first kappa shape index (κ1) is 22.1. The number of carbonyl (C=O) groups excluding carboxylic acids is 2. The van der Waals surface area contributed by atoms with E-state index in [0.717, 1.165) is 5.69 Å². The van der Waals surface area contributed by atoms with Gasteiger partial charge in [-0.2, -0.15) is 0 Å². The fraction of sp³-hybridized carbons (Fsp3) is 0.364. The molecule has 30 heavy (non-hydrogen) atoms. The monoisotopic (exact) mass is 433 g/mol. The highest BCUT2D eigenvalue weighted by atomic mass is 35.5. The van der Waals surface area contributed by atoms with Gasteiger partial charge in [0.25, 0.3) is 0 Å². The first-order valence-electron chi connectivity index (χ1n) is 9.89. The van der Waals surface area contributed by atoms with E-state index in [0.29, 0.717) is 36.4 Å². The summed E-state index contributed by atoms with van der Waals surface area (Å²) in [6.07, 6.45) is 0.675. The zero-order valence-corrected chi connectivity index (χ0v) is 17.7. The fourth-order valence-electron chi connectivity index (χ4n) is 3.60. The number of ether oxygens (including phenoxy) is 1. The Morgan fingerprint density at radius 3 is 2.80 bits per heavy atom. The molecule has 2 aromatic rings. The van der Waals surface area contributed by atoms with Crippen LogP contribution in [0.15, 0.2) is 30.3 Å². The van der Waals surface area contributed by atoms with Crippen LogP contribution in [0.3, 0.4) is 0 Å². The Balaban J connectivity index is 1.93. The topological polar surface area (TPSA) is 93.5 Å². The Bertz CT molecular complexity index is 967. The molecule has 0 aromatic heterocycles. The molecule has 1 aliphatic rings. The highest BCUT2D eigenvalue weighted by molar-refractivity contribution is 6.35. The summed E-state index contributed by atoms with van der Waals surface area (Å²) in [7, 11) is 0. The third kappa shape index (κ3) is 4.74. The normalized spacial score (nSPS) is 14.8. The van der Waals surface area contributed by atoms with Crippen LogP contribution in [-0.2, 0) is 4.79 Å². The van der Waals surface area contributed by atoms with E-state index in [2.05, 4.69) is 10.6 Å². The molecular weight excluding hydrogens is 409 g/mol. The van der Waals surface area contributed by atoms with E-state index in [9.17, 15) is 9.59 Å². The zero-order valence-electron chi connectivity index (χ0n) is 16.9. The second kappa shape index (κ2) is 9.45. The predicted octanol–water partition coefficient (Wildman–Crippen LogP) is 3.82. The summed E-state index contributed by atoms with van der Waals surface area (Å²) >= 11 is 6.23. The lowest BCUT2D eigenvalue weighted by Gasteiger charge is -2.23. The maximum absolute atomic E-state index is 15.5. The molecule has 0 saturated heterocycles. The lowest BCUT2D eigenvalue weighted by atomic mass is 9.95. The maximum Gasteiger partial charge on any atom is 0.218 e. The minimum atomic E-state index is -0.671. The van der Waals surface area contributed by atoms with Crippen molar-refractivity contribution >= 4 is 29.0 Å². The molecule has 1 amide bonds. The van der Waals surface area contributed by atoms with Crippen molar-refractivity contribution in [2.75, 3.05) is 18.5 Å². The van der Waals surface area contributed by atoms with Crippen LogP contribution in [0.5, 0.6) is 5.75 Å². The van der Waals surface area contributed by atoms with Crippen LogP contribution in [0.25, 0.3) is 0 Å². The van der Waals surface area contributed by atoms with Gasteiger partial charge in [0.05, 0.1) is 16.3 Å². The number of anilines is 1. The van der Waals surface area contributed by atoms with Crippen molar-refractivity contribution in [1.82, 2.24) is 5.32 Å². The number of nitrogens with one attached hydrogen (secondary N) is 2. The average molecular weight is 434 g/mol. The number of nitrogens with two attached hydrogens (primary N) is 1. The third-order valence-corrected chi connectivity index (χ3v) is 5.36. The Kier molecular flexibility index (Phi) is 6.95. The first-order chi connectivity index (χ1) is 14.3. The summed E-state index contributed by atoms with van der Waals surface area (Å²) in [6, 6.07) is 7.39. The number of fused-ring (bicyclic) bond motifs is 1. The number of hydrogen-bond acceptors (Lipinski definition) is 5. The Labute approximate surface area is 179 Å². The maximum atomic E-state index is 15.5. The van der Waals surface area contributed by atoms with Gasteiger partial charge in [-0.25, -0.2) is 4.39 Å². The van der Waals surface area contributed by atoms with E-state index in [1.54, 1.807) is 31.2 Å². The van der Waals surface area contributed by atoms with Crippen LogP contribution >= 0.6 is 11.6 Å². The molecule has 160 valence electrons. The summed E-state index contributed by atoms with van der Waals surface area (Å²) in [6.45, 7) is 4.86. The number of rotatable bonds is 8. The number of hydrogen-bond donors (Lipinski definition) is 3. The van der Waals surface area contributed by atoms with Crippen LogP contribution in [-0.4, -0.2) is 30.9 Å². The van der Waals surface area contributed by atoms with Gasteiger partial charge in [0.2, 0.25) is 5.91 Å². The van der Waals surface area contributed by atoms with Crippen molar-refractivity contribution in [3.05, 3.63) is 57.9 Å². The molecule has 0 radical (unpaired) electrons. The summed E-state index contributed by atoms with van der Waals surface area (Å²) in [5.74, 6) is -1.08. The van der Waals surface area contributed by atoms with E-state index in [4.69, 9.17) is 22.1 Å². The van der Waals surface area contributed by atoms with Crippen LogP contribution in [0, 0.1) is 5.82 Å². The van der Waals surface area contributed by atoms with E-state index in [1.807, 2.05) is 6.92 Å². The zero-order chi connectivity index (χ0) is 21.8. The summed E-state index contributed by atoms with van der Waals surface area (Å²) in [5.41, 5.74) is 6.46. The SMILES string of the molecule is CC[C@@H](N[C@@H](C)CC(N)=O)c1ccc(Cl)c(C(=O)c2ccc3c(c2)OCCN3)c1F. The van der Waals surface area contributed by atoms with E-state index >= 15 is 4.39 Å². The minimum Gasteiger partial charge on any atom is -0.490 e. The quantitative estimate of drug-likeness (QED) is 0.550. The lowest BCUT2D eigenvalue weighted by molar-refractivity contribution is -0.118. The third-order valence-electron chi connectivity index (χ3n) is 5.04. The predicted molar refractivity (Wildman–Crippen MR) is 115 cm³/mol. The largest absolute Gasteiger partial charge is 0.490 e. The molecule has 0 fully saturated rings. The molecule has 1 aliphatic heterocycles. The number of primary amides is 1. The van der Waals surface area contributed by atoms with Gasteiger partial charge in [-0.3, -0.25) is 9.59 Å². The number of benzene rings is 2. The van der Waals surface area contributed by atoms with E-state index in [-0.39, 0.29) is 23.0 Å². The second-order valence-electron chi connectivity index (χ2n) is 7.34. The molecule has 3 rings (SSSR count). The van der Waals surface area contributed by atoms with Gasteiger partial charge < -0.3 is 21.1 Å². The van der Waals surface area contributed by atoms with Crippen molar-refractivity contribution in [3.63, 3.8) is 0 Å². The molecule has 4 N–H and O–H groups in total. The van der Waals surface area contributed by atoms with Crippen molar-refractivity contribution in [3.8, 4) is 5.75 Å². The standard InChI is InChI=1S/C22H25ClFN3O3/c1-3-16(27-12(2)10-19(25)28)14-5-6-15(23)20(21(14)24)22(29)13-4-7-17-18(11-13)30-9-8-26-17/h4-7,11-12,16,26-27H,3,8-10H2,1-2H3,(H2,25,28)/t12-,16+/m0/s1. The number of ketones is 1. The molecule has 0 spiro atoms. The van der Waals surface area contributed by atoms with Crippen molar-refractivity contribution in [1.29, 1.82) is 0 Å². The number of halogens is 2. The Morgan fingerprint density at radius 2 is 2.10 bits per heavy atom. The van der Waals surface area contributed by atoms with Crippen molar-refractivity contribution < 1.29 is 18.7 Å². The smallest absolute Gasteiger partial charge is 0.218 e. The Hall–Kier alpha value is -2.64. The van der Waals surface area contributed by atoms with Crippen LogP contribution in [0.2, 0.25) is 5.02 Å². The summed E-state index contributed by atoms with van der Waals surface area (Å²) < 4.78 is 21.1. The average Bonchev–Trinajstić information content (AvgIpc) is 2.71. The van der Waals surface area contributed by atoms with E-state index < -0.39 is 23.5 Å². The van der Waals surface area contributed by atoms with Gasteiger partial charge in [0, 0.05) is 36.2 Å². The molecule has 0 bridgehead atoms. The summed E-state index contributed by atoms with van der Waals surface area (Å²) in [5, 5.41) is 6.41. The van der Waals surface area contributed by atoms with Crippen molar-refractivity contribution in [2.24, 2.45) is 5.73 Å². The van der Waals surface area contributed by atoms with Gasteiger partial charge in [-0.15, -0.1) is 0 Å². The molecule has 0 saturated carbocycles. The Morgan fingerprint density at radius 1 is 1.33 bits per heavy atom. The summed E-state index contributed by atoms with van der Waals surface area (Å²) in [4.78, 5) is 24.3. The molecule has 2 aromatic carbocycles. The van der Waals surface area contributed by atoms with Gasteiger partial charge in [-0.1, -0.05) is 24.6 Å². The lowest BCUT2D eigenvalue weighted by Crippen LogP contribution is -2.34. The van der Waals surface area contributed by atoms with Crippen LogP contribution in [0.1, 0.15) is 54.2 Å². The second-order valence-corrected chi connectivity index (χ2v) is 7.75. The molecule has 2 atom stereocenters. The molecule has 6 nitrogen and oxygen atoms in total. The van der Waals surface area contributed by atoms with Gasteiger partial charge in [0.1, 0.15) is 18.2 Å². The highest BCUT2D eigenvalue weighted by Crippen LogP contribution is 2.33. The van der Waals surface area contributed by atoms with E-state index in [1.165, 1.54) is 6.07 Å². The van der Waals surface area contributed by atoms with Gasteiger partial charge in [-0.05, 0) is 37.6 Å². The van der Waals surface area contributed by atoms with Gasteiger partial charge >= 0.3 is 0 Å². The first-order valence-corrected chi connectivity index (χ1v) is 10.3. The number of amides is 1. The van der Waals surface area contributed by atoms with Gasteiger partial charge in [0.15, 0.2) is 5.78 Å². The van der Waals surface area contributed by atoms with Crippen LogP contribution in [0.4, 0.5) is 10.1 Å². The molecule has 8 heteroatoms. The molecule has 0 unspecified atom stereocenters. The van der Waals surface area contributed by atoms with Crippen molar-refractivity contribution in [2.45, 2.75) is 38.8 Å².